The van der Waals surface area contributed by atoms with E-state index in [1.165, 1.54) is 0 Å². The molecule has 0 aliphatic heterocycles. The normalized spacial score (nSPS) is 10.7. The number of aromatic nitrogens is 1. The largest absolute Gasteiger partial charge is 0.506 e. The summed E-state index contributed by atoms with van der Waals surface area (Å²) in [6, 6.07) is 0. The SMILES string of the molecule is Nc1ncc(O)c(C(F)F)c1Br. The van der Waals surface area contributed by atoms with Gasteiger partial charge in [-0.3, -0.25) is 0 Å². The Balaban J connectivity index is 3.33. The predicted octanol–water partition coefficient (Wildman–Crippen LogP) is 2.07. The molecule has 0 aromatic carbocycles. The van der Waals surface area contributed by atoms with E-state index in [4.69, 9.17) is 10.8 Å². The van der Waals surface area contributed by atoms with Crippen LogP contribution >= 0.6 is 15.9 Å². The second-order valence-electron chi connectivity index (χ2n) is 2.06. The Labute approximate surface area is 75.3 Å². The summed E-state index contributed by atoms with van der Waals surface area (Å²) in [4.78, 5) is 3.47. The number of halogens is 3. The molecule has 0 amide bonds. The molecule has 1 heterocycles. The summed E-state index contributed by atoms with van der Waals surface area (Å²) < 4.78 is 24.3. The van der Waals surface area contributed by atoms with Gasteiger partial charge in [0.2, 0.25) is 0 Å². The molecule has 0 fully saturated rings. The van der Waals surface area contributed by atoms with Crippen molar-refractivity contribution in [1.29, 1.82) is 0 Å². The summed E-state index contributed by atoms with van der Waals surface area (Å²) in [6.45, 7) is 0. The van der Waals surface area contributed by atoms with Crippen molar-refractivity contribution in [2.24, 2.45) is 0 Å². The minimum Gasteiger partial charge on any atom is -0.506 e. The standard InChI is InChI=1S/C6H5BrF2N2O/c7-4-3(5(8)9)2(12)1-11-6(4)10/h1,5,12H,(H2,10,11). The van der Waals surface area contributed by atoms with Crippen LogP contribution in [0, 0.1) is 0 Å². The van der Waals surface area contributed by atoms with Gasteiger partial charge in [-0.25, -0.2) is 13.8 Å². The third kappa shape index (κ3) is 1.47. The van der Waals surface area contributed by atoms with Gasteiger partial charge in [-0.05, 0) is 15.9 Å². The molecule has 3 N–H and O–H groups in total. The molecular weight excluding hydrogens is 234 g/mol. The van der Waals surface area contributed by atoms with Crippen molar-refractivity contribution >= 4 is 21.7 Å². The molecule has 12 heavy (non-hydrogen) atoms. The Kier molecular flexibility index (Phi) is 2.46. The lowest BCUT2D eigenvalue weighted by atomic mass is 10.2. The van der Waals surface area contributed by atoms with Crippen molar-refractivity contribution in [2.45, 2.75) is 6.43 Å². The molecule has 6 heteroatoms. The zero-order chi connectivity index (χ0) is 9.30. The molecular formula is C6H5BrF2N2O. The van der Waals surface area contributed by atoms with E-state index < -0.39 is 17.7 Å². The van der Waals surface area contributed by atoms with Crippen molar-refractivity contribution < 1.29 is 13.9 Å². The highest BCUT2D eigenvalue weighted by atomic mass is 79.9. The first-order chi connectivity index (χ1) is 5.54. The van der Waals surface area contributed by atoms with Crippen LogP contribution < -0.4 is 5.73 Å². The second-order valence-corrected chi connectivity index (χ2v) is 2.85. The summed E-state index contributed by atoms with van der Waals surface area (Å²) in [5.74, 6) is -0.630. The van der Waals surface area contributed by atoms with E-state index in [1.54, 1.807) is 0 Å². The minimum absolute atomic E-state index is 0.0579. The molecule has 0 unspecified atom stereocenters. The topological polar surface area (TPSA) is 59.1 Å². The lowest BCUT2D eigenvalue weighted by Crippen LogP contribution is -1.96. The lowest BCUT2D eigenvalue weighted by molar-refractivity contribution is 0.146. The maximum Gasteiger partial charge on any atom is 0.268 e. The maximum absolute atomic E-state index is 12.2. The van der Waals surface area contributed by atoms with Gasteiger partial charge in [0.25, 0.3) is 6.43 Å². The predicted molar refractivity (Wildman–Crippen MR) is 43.0 cm³/mol. The van der Waals surface area contributed by atoms with Gasteiger partial charge in [-0.1, -0.05) is 0 Å². The molecule has 0 radical (unpaired) electrons. The highest BCUT2D eigenvalue weighted by Gasteiger charge is 2.19. The van der Waals surface area contributed by atoms with Gasteiger partial charge in [0.15, 0.2) is 0 Å². The Morgan fingerprint density at radius 1 is 1.58 bits per heavy atom. The first kappa shape index (κ1) is 9.18. The highest BCUT2D eigenvalue weighted by molar-refractivity contribution is 9.10. The van der Waals surface area contributed by atoms with Crippen LogP contribution in [0.2, 0.25) is 0 Å². The lowest BCUT2D eigenvalue weighted by Gasteiger charge is -2.06. The number of alkyl halides is 2. The fraction of sp³-hybridized carbons (Fsp3) is 0.167. The third-order valence-corrected chi connectivity index (χ3v) is 2.11. The number of rotatable bonds is 1. The zero-order valence-corrected chi connectivity index (χ0v) is 7.35. The Morgan fingerprint density at radius 2 is 2.17 bits per heavy atom. The van der Waals surface area contributed by atoms with Gasteiger partial charge in [0.1, 0.15) is 11.6 Å². The first-order valence-corrected chi connectivity index (χ1v) is 3.74. The number of nitrogen functional groups attached to an aromatic ring is 1. The number of aromatic hydroxyl groups is 1. The molecule has 1 aromatic heterocycles. The zero-order valence-electron chi connectivity index (χ0n) is 5.76. The van der Waals surface area contributed by atoms with E-state index in [0.717, 1.165) is 6.20 Å². The average Bonchev–Trinajstić information content (AvgIpc) is 1.97. The Hall–Kier alpha value is -0.910. The van der Waals surface area contributed by atoms with Crippen LogP contribution in [-0.4, -0.2) is 10.1 Å². The third-order valence-electron chi connectivity index (χ3n) is 1.28. The van der Waals surface area contributed by atoms with E-state index >= 15 is 0 Å². The van der Waals surface area contributed by atoms with Crippen molar-refractivity contribution in [3.05, 3.63) is 16.2 Å². The molecule has 0 saturated heterocycles. The number of pyridine rings is 1. The van der Waals surface area contributed by atoms with Gasteiger partial charge in [0, 0.05) is 0 Å². The molecule has 0 spiro atoms. The number of hydrogen-bond donors (Lipinski definition) is 2. The molecule has 0 aliphatic rings. The maximum atomic E-state index is 12.2. The molecule has 1 rings (SSSR count). The molecule has 0 saturated carbocycles. The van der Waals surface area contributed by atoms with Crippen LogP contribution in [0.5, 0.6) is 5.75 Å². The molecule has 0 bridgehead atoms. The quantitative estimate of drug-likeness (QED) is 0.788. The van der Waals surface area contributed by atoms with Gasteiger partial charge >= 0.3 is 0 Å². The van der Waals surface area contributed by atoms with Crippen LogP contribution in [0.15, 0.2) is 10.7 Å². The van der Waals surface area contributed by atoms with Crippen molar-refractivity contribution in [2.75, 3.05) is 5.73 Å². The molecule has 0 atom stereocenters. The van der Waals surface area contributed by atoms with Crippen LogP contribution in [0.4, 0.5) is 14.6 Å². The Morgan fingerprint density at radius 3 is 2.58 bits per heavy atom. The number of anilines is 1. The smallest absolute Gasteiger partial charge is 0.268 e. The fourth-order valence-corrected chi connectivity index (χ4v) is 1.19. The number of hydrogen-bond acceptors (Lipinski definition) is 3. The molecule has 66 valence electrons. The van der Waals surface area contributed by atoms with Crippen molar-refractivity contribution in [3.63, 3.8) is 0 Å². The molecule has 3 nitrogen and oxygen atoms in total. The summed E-state index contributed by atoms with van der Waals surface area (Å²) >= 11 is 2.80. The van der Waals surface area contributed by atoms with E-state index in [-0.39, 0.29) is 10.3 Å². The van der Waals surface area contributed by atoms with E-state index in [1.807, 2.05) is 0 Å². The average molecular weight is 239 g/mol. The molecule has 1 aromatic rings. The van der Waals surface area contributed by atoms with E-state index in [0.29, 0.717) is 0 Å². The van der Waals surface area contributed by atoms with Crippen LogP contribution in [0.3, 0.4) is 0 Å². The van der Waals surface area contributed by atoms with Gasteiger partial charge < -0.3 is 10.8 Å². The van der Waals surface area contributed by atoms with Gasteiger partial charge in [0.05, 0.1) is 16.2 Å². The number of nitrogens with zero attached hydrogens (tertiary/aromatic N) is 1. The van der Waals surface area contributed by atoms with Crippen LogP contribution in [0.1, 0.15) is 12.0 Å². The minimum atomic E-state index is -2.77. The Bertz CT molecular complexity index is 306. The molecule has 0 aliphatic carbocycles. The summed E-state index contributed by atoms with van der Waals surface area (Å²) in [6.07, 6.45) is -1.88. The van der Waals surface area contributed by atoms with Gasteiger partial charge in [-0.15, -0.1) is 0 Å². The second kappa shape index (κ2) is 3.22. The monoisotopic (exact) mass is 238 g/mol. The van der Waals surface area contributed by atoms with Crippen LogP contribution in [0.25, 0.3) is 0 Å². The van der Waals surface area contributed by atoms with Crippen molar-refractivity contribution in [1.82, 2.24) is 4.98 Å². The van der Waals surface area contributed by atoms with Gasteiger partial charge in [-0.2, -0.15) is 0 Å². The summed E-state index contributed by atoms with van der Waals surface area (Å²) in [5.41, 5.74) is 4.70. The highest BCUT2D eigenvalue weighted by Crippen LogP contribution is 2.36. The first-order valence-electron chi connectivity index (χ1n) is 2.95. The van der Waals surface area contributed by atoms with E-state index in [2.05, 4.69) is 20.9 Å². The van der Waals surface area contributed by atoms with Crippen molar-refractivity contribution in [3.8, 4) is 5.75 Å². The van der Waals surface area contributed by atoms with E-state index in [9.17, 15) is 8.78 Å². The number of nitrogens with two attached hydrogens (primary N) is 1. The summed E-state index contributed by atoms with van der Waals surface area (Å²) in [5, 5.41) is 8.96. The fourth-order valence-electron chi connectivity index (χ4n) is 0.715. The van der Waals surface area contributed by atoms with Crippen LogP contribution in [-0.2, 0) is 0 Å². The summed E-state index contributed by atoms with van der Waals surface area (Å²) in [7, 11) is 0.